The number of nitrogens with one attached hydrogen (secondary N) is 2. The molecule has 0 aromatic carbocycles. The van der Waals surface area contributed by atoms with Crippen molar-refractivity contribution in [3.63, 3.8) is 0 Å². The second kappa shape index (κ2) is 6.92. The van der Waals surface area contributed by atoms with Crippen LogP contribution < -0.4 is 10.6 Å². The Morgan fingerprint density at radius 3 is 2.80 bits per heavy atom. The summed E-state index contributed by atoms with van der Waals surface area (Å²) < 4.78 is 0.703. The van der Waals surface area contributed by atoms with E-state index in [-0.39, 0.29) is 5.91 Å². The molecule has 0 spiro atoms. The van der Waals surface area contributed by atoms with Gasteiger partial charge in [0.25, 0.3) is 5.91 Å². The Labute approximate surface area is 131 Å². The number of carbonyl (C=O) groups is 1. The van der Waals surface area contributed by atoms with Gasteiger partial charge >= 0.3 is 0 Å². The molecule has 2 rings (SSSR count). The van der Waals surface area contributed by atoms with Gasteiger partial charge in [0.1, 0.15) is 5.82 Å². The molecule has 0 aliphatic carbocycles. The number of anilines is 1. The van der Waals surface area contributed by atoms with E-state index in [1.54, 1.807) is 12.1 Å². The first-order chi connectivity index (χ1) is 9.60. The van der Waals surface area contributed by atoms with Crippen LogP contribution in [-0.4, -0.2) is 17.4 Å². The summed E-state index contributed by atoms with van der Waals surface area (Å²) in [6.07, 6.45) is 1.50. The van der Waals surface area contributed by atoms with E-state index in [9.17, 15) is 4.79 Å². The maximum Gasteiger partial charge on any atom is 0.253 e. The van der Waals surface area contributed by atoms with Crippen LogP contribution in [0, 0.1) is 0 Å². The van der Waals surface area contributed by atoms with Crippen LogP contribution in [0.4, 0.5) is 5.82 Å². The Bertz CT molecular complexity index is 615. The lowest BCUT2D eigenvalue weighted by atomic mass is 10.2. The molecule has 0 saturated heterocycles. The fourth-order valence-electron chi connectivity index (χ4n) is 1.58. The summed E-state index contributed by atoms with van der Waals surface area (Å²) in [5.74, 6) is 0.364. The molecule has 20 heavy (non-hydrogen) atoms. The molecule has 0 bridgehead atoms. The predicted octanol–water partition coefficient (Wildman–Crippen LogP) is 3.81. The van der Waals surface area contributed by atoms with E-state index in [0.717, 1.165) is 11.4 Å². The van der Waals surface area contributed by atoms with Gasteiger partial charge in [-0.15, -0.1) is 11.3 Å². The first kappa shape index (κ1) is 15.1. The topological polar surface area (TPSA) is 54.0 Å². The number of nitrogens with zero attached hydrogens (tertiary/aromatic N) is 1. The lowest BCUT2D eigenvalue weighted by Gasteiger charge is -2.07. The molecule has 4 nitrogen and oxygen atoms in total. The average molecular weight is 330 g/mol. The smallest absolute Gasteiger partial charge is 0.253 e. The summed E-state index contributed by atoms with van der Waals surface area (Å²) in [6.45, 7) is 3.10. The molecule has 2 heterocycles. The summed E-state index contributed by atoms with van der Waals surface area (Å²) in [6, 6.07) is 5.29. The summed E-state index contributed by atoms with van der Waals surface area (Å²) in [5.41, 5.74) is 0.430. The van der Waals surface area contributed by atoms with Crippen molar-refractivity contribution in [1.82, 2.24) is 10.3 Å². The molecule has 0 aliphatic rings. The number of hydrogen-bond acceptors (Lipinski definition) is 4. The third-order valence-electron chi connectivity index (χ3n) is 2.50. The van der Waals surface area contributed by atoms with Gasteiger partial charge in [0, 0.05) is 17.6 Å². The van der Waals surface area contributed by atoms with Crippen molar-refractivity contribution >= 4 is 46.3 Å². The zero-order valence-electron chi connectivity index (χ0n) is 10.7. The van der Waals surface area contributed by atoms with Crippen LogP contribution in [0.15, 0.2) is 24.4 Å². The third-order valence-corrected chi connectivity index (χ3v) is 4.02. The molecule has 106 valence electrons. The minimum atomic E-state index is -0.216. The van der Waals surface area contributed by atoms with Gasteiger partial charge in [0.2, 0.25) is 0 Å². The molecule has 0 atom stereocenters. The van der Waals surface area contributed by atoms with Crippen LogP contribution in [0.2, 0.25) is 9.36 Å². The van der Waals surface area contributed by atoms with Crippen LogP contribution in [0.1, 0.15) is 22.2 Å². The number of halogens is 2. The number of aromatic nitrogens is 1. The highest BCUT2D eigenvalue weighted by Gasteiger charge is 2.10. The van der Waals surface area contributed by atoms with Gasteiger partial charge in [-0.3, -0.25) is 4.79 Å². The molecule has 0 fully saturated rings. The van der Waals surface area contributed by atoms with Gasteiger partial charge in [-0.05, 0) is 25.1 Å². The van der Waals surface area contributed by atoms with Crippen LogP contribution in [0.25, 0.3) is 0 Å². The van der Waals surface area contributed by atoms with Gasteiger partial charge in [-0.25, -0.2) is 4.98 Å². The summed E-state index contributed by atoms with van der Waals surface area (Å²) in [5, 5.41) is 6.25. The van der Waals surface area contributed by atoms with Gasteiger partial charge in [-0.2, -0.15) is 0 Å². The molecule has 0 radical (unpaired) electrons. The van der Waals surface area contributed by atoms with E-state index in [1.165, 1.54) is 17.5 Å². The standard InChI is InChI=1S/C13H13Cl2N3OS/c1-2-16-12-10(14)5-8(6-17-12)13(19)18-7-9-3-4-11(15)20-9/h3-6H,2,7H2,1H3,(H,16,17)(H,18,19). The Hall–Kier alpha value is -1.30. The molecule has 0 aliphatic heterocycles. The summed E-state index contributed by atoms with van der Waals surface area (Å²) in [7, 11) is 0. The minimum absolute atomic E-state index is 0.216. The summed E-state index contributed by atoms with van der Waals surface area (Å²) in [4.78, 5) is 17.1. The number of amides is 1. The Balaban J connectivity index is 2.00. The molecule has 7 heteroatoms. The van der Waals surface area contributed by atoms with Gasteiger partial charge in [-0.1, -0.05) is 23.2 Å². The van der Waals surface area contributed by atoms with E-state index in [4.69, 9.17) is 23.2 Å². The zero-order valence-corrected chi connectivity index (χ0v) is 13.1. The quantitative estimate of drug-likeness (QED) is 0.876. The molecule has 1 amide bonds. The zero-order chi connectivity index (χ0) is 14.5. The summed E-state index contributed by atoms with van der Waals surface area (Å²) >= 11 is 13.3. The van der Waals surface area contributed by atoms with E-state index in [1.807, 2.05) is 13.0 Å². The van der Waals surface area contributed by atoms with Crippen LogP contribution in [0.5, 0.6) is 0 Å². The van der Waals surface area contributed by atoms with E-state index in [2.05, 4.69) is 15.6 Å². The van der Waals surface area contributed by atoms with Crippen molar-refractivity contribution in [2.75, 3.05) is 11.9 Å². The number of thiophene rings is 1. The third kappa shape index (κ3) is 3.85. The van der Waals surface area contributed by atoms with Gasteiger partial charge < -0.3 is 10.6 Å². The van der Waals surface area contributed by atoms with Gasteiger partial charge in [0.15, 0.2) is 0 Å². The monoisotopic (exact) mass is 329 g/mol. The second-order valence-electron chi connectivity index (χ2n) is 3.97. The number of rotatable bonds is 5. The first-order valence-corrected chi connectivity index (χ1v) is 7.59. The van der Waals surface area contributed by atoms with Crippen molar-refractivity contribution in [3.8, 4) is 0 Å². The molecule has 0 saturated carbocycles. The van der Waals surface area contributed by atoms with Crippen molar-refractivity contribution in [1.29, 1.82) is 0 Å². The fraction of sp³-hybridized carbons (Fsp3) is 0.231. The Kier molecular flexibility index (Phi) is 5.23. The first-order valence-electron chi connectivity index (χ1n) is 6.02. The average Bonchev–Trinajstić information content (AvgIpc) is 2.84. The highest BCUT2D eigenvalue weighted by Crippen LogP contribution is 2.22. The van der Waals surface area contributed by atoms with Crippen molar-refractivity contribution < 1.29 is 4.79 Å². The molecule has 0 unspecified atom stereocenters. The van der Waals surface area contributed by atoms with E-state index >= 15 is 0 Å². The Morgan fingerprint density at radius 2 is 2.20 bits per heavy atom. The minimum Gasteiger partial charge on any atom is -0.369 e. The Morgan fingerprint density at radius 1 is 1.40 bits per heavy atom. The van der Waals surface area contributed by atoms with Crippen molar-refractivity contribution in [3.05, 3.63) is 44.2 Å². The lowest BCUT2D eigenvalue weighted by molar-refractivity contribution is 0.0951. The number of pyridine rings is 1. The van der Waals surface area contributed by atoms with E-state index in [0.29, 0.717) is 27.3 Å². The SMILES string of the molecule is CCNc1ncc(C(=O)NCc2ccc(Cl)s2)cc1Cl. The highest BCUT2D eigenvalue weighted by molar-refractivity contribution is 7.16. The van der Waals surface area contributed by atoms with Crippen LogP contribution in [-0.2, 0) is 6.54 Å². The molecular weight excluding hydrogens is 317 g/mol. The molecule has 2 aromatic rings. The van der Waals surface area contributed by atoms with E-state index < -0.39 is 0 Å². The molecule has 2 aromatic heterocycles. The highest BCUT2D eigenvalue weighted by atomic mass is 35.5. The second-order valence-corrected chi connectivity index (χ2v) is 6.18. The maximum absolute atomic E-state index is 12.0. The number of carbonyl (C=O) groups excluding carboxylic acids is 1. The van der Waals surface area contributed by atoms with Crippen molar-refractivity contribution in [2.24, 2.45) is 0 Å². The normalized spacial score (nSPS) is 10.3. The predicted molar refractivity (Wildman–Crippen MR) is 83.9 cm³/mol. The molecule has 2 N–H and O–H groups in total. The molecular formula is C13H13Cl2N3OS. The van der Waals surface area contributed by atoms with Gasteiger partial charge in [0.05, 0.1) is 21.5 Å². The van der Waals surface area contributed by atoms with Crippen LogP contribution in [0.3, 0.4) is 0 Å². The van der Waals surface area contributed by atoms with Crippen molar-refractivity contribution in [2.45, 2.75) is 13.5 Å². The lowest BCUT2D eigenvalue weighted by Crippen LogP contribution is -2.22. The van der Waals surface area contributed by atoms with Crippen LogP contribution >= 0.6 is 34.5 Å². The maximum atomic E-state index is 12.0. The fourth-order valence-corrected chi connectivity index (χ4v) is 2.84. The largest absolute Gasteiger partial charge is 0.369 e. The number of hydrogen-bond donors (Lipinski definition) is 2.